The van der Waals surface area contributed by atoms with E-state index >= 15 is 0 Å². The highest BCUT2D eigenvalue weighted by atomic mass is 16.2. The lowest BCUT2D eigenvalue weighted by molar-refractivity contribution is -0.138. The summed E-state index contributed by atoms with van der Waals surface area (Å²) < 4.78 is 0. The fraction of sp³-hybridized carbons (Fsp3) is 0.435. The van der Waals surface area contributed by atoms with Crippen LogP contribution in [0, 0.1) is 22.7 Å². The Balaban J connectivity index is 1.65. The second-order valence-electron chi connectivity index (χ2n) is 8.88. The van der Waals surface area contributed by atoms with Gasteiger partial charge in [-0.2, -0.15) is 5.26 Å². The van der Waals surface area contributed by atoms with Crippen molar-refractivity contribution in [3.05, 3.63) is 59.2 Å². The number of nitriles is 1. The van der Waals surface area contributed by atoms with Crippen LogP contribution in [0.3, 0.4) is 0 Å². The Morgan fingerprint density at radius 1 is 1.33 bits per heavy atom. The number of fused-ring (bicyclic) bond motifs is 3. The Kier molecular flexibility index (Phi) is 4.14. The van der Waals surface area contributed by atoms with E-state index in [4.69, 9.17) is 10.7 Å². The second kappa shape index (κ2) is 6.63. The second-order valence-corrected chi connectivity index (χ2v) is 8.88. The summed E-state index contributed by atoms with van der Waals surface area (Å²) in [5.74, 6) is 1.13. The maximum atomic E-state index is 14.1. The quantitative estimate of drug-likeness (QED) is 0.834. The van der Waals surface area contributed by atoms with Gasteiger partial charge in [0.15, 0.2) is 11.5 Å². The van der Waals surface area contributed by atoms with Gasteiger partial charge in [-0.25, -0.2) is 15.0 Å². The lowest BCUT2D eigenvalue weighted by Gasteiger charge is -2.45. The number of nitrogens with zero attached hydrogens (tertiary/aromatic N) is 5. The van der Waals surface area contributed by atoms with Crippen molar-refractivity contribution in [2.24, 2.45) is 22.1 Å². The lowest BCUT2D eigenvalue weighted by atomic mass is 9.59. The van der Waals surface area contributed by atoms with Gasteiger partial charge in [-0.15, -0.1) is 0 Å². The molecule has 0 bridgehead atoms. The Morgan fingerprint density at radius 3 is 2.87 bits per heavy atom. The fourth-order valence-corrected chi connectivity index (χ4v) is 5.87. The molecule has 2 N–H and O–H groups in total. The van der Waals surface area contributed by atoms with Gasteiger partial charge in [0.2, 0.25) is 0 Å². The van der Waals surface area contributed by atoms with E-state index in [9.17, 15) is 10.1 Å². The fourth-order valence-electron chi connectivity index (χ4n) is 5.87. The van der Waals surface area contributed by atoms with Gasteiger partial charge in [0.05, 0.1) is 18.2 Å². The van der Waals surface area contributed by atoms with Crippen molar-refractivity contribution in [3.8, 4) is 6.07 Å². The molecule has 3 aliphatic rings. The van der Waals surface area contributed by atoms with Crippen molar-refractivity contribution < 1.29 is 4.79 Å². The minimum Gasteiger partial charge on any atom is -0.369 e. The van der Waals surface area contributed by atoms with Crippen molar-refractivity contribution in [1.29, 1.82) is 5.26 Å². The maximum Gasteiger partial charge on any atom is 0.262 e. The molecule has 5 rings (SSSR count). The number of hydrogen-bond acceptors (Lipinski definition) is 6. The van der Waals surface area contributed by atoms with Crippen molar-refractivity contribution in [2.45, 2.75) is 51.1 Å². The SMILES string of the molecule is CC1CCCC2(Cc3ccc(C#N)cc3C23N=C(N)N(Cc2ncccn2)C3=O)C1. The predicted molar refractivity (Wildman–Crippen MR) is 111 cm³/mol. The van der Waals surface area contributed by atoms with Gasteiger partial charge in [-0.1, -0.05) is 25.8 Å². The van der Waals surface area contributed by atoms with Gasteiger partial charge in [-0.3, -0.25) is 9.69 Å². The Labute approximate surface area is 175 Å². The molecule has 2 heterocycles. The Bertz CT molecular complexity index is 1090. The number of rotatable bonds is 2. The van der Waals surface area contributed by atoms with Crippen LogP contribution in [0.1, 0.15) is 55.1 Å². The molecule has 1 fully saturated rings. The number of aromatic nitrogens is 2. The van der Waals surface area contributed by atoms with Gasteiger partial charge in [0.25, 0.3) is 5.91 Å². The molecule has 30 heavy (non-hydrogen) atoms. The van der Waals surface area contributed by atoms with Crippen molar-refractivity contribution in [1.82, 2.24) is 14.9 Å². The highest BCUT2D eigenvalue weighted by Crippen LogP contribution is 2.62. The summed E-state index contributed by atoms with van der Waals surface area (Å²) in [5, 5.41) is 9.49. The first kappa shape index (κ1) is 18.7. The van der Waals surface area contributed by atoms with Crippen LogP contribution >= 0.6 is 0 Å². The standard InChI is InChI=1S/C23H24N6O/c1-15-4-2-7-22(11-15)12-17-6-5-16(13-24)10-18(17)23(22)20(30)29(21(25)28-23)14-19-26-8-3-9-27-19/h3,5-6,8-10,15H,2,4,7,11-12,14H2,1H3,(H2,25,28). The number of hydrogen-bond donors (Lipinski definition) is 1. The minimum absolute atomic E-state index is 0.115. The summed E-state index contributed by atoms with van der Waals surface area (Å²) in [4.78, 5) is 29.0. The average molecular weight is 400 g/mol. The molecule has 1 aromatic heterocycles. The molecule has 3 atom stereocenters. The topological polar surface area (TPSA) is 108 Å². The summed E-state index contributed by atoms with van der Waals surface area (Å²) in [6.07, 6.45) is 8.16. The van der Waals surface area contributed by atoms with Crippen molar-refractivity contribution >= 4 is 11.9 Å². The molecule has 1 aromatic carbocycles. The van der Waals surface area contributed by atoms with Crippen LogP contribution in [0.4, 0.5) is 0 Å². The van der Waals surface area contributed by atoms with E-state index in [1.807, 2.05) is 18.2 Å². The normalized spacial score (nSPS) is 29.9. The van der Waals surface area contributed by atoms with E-state index in [0.29, 0.717) is 17.3 Å². The number of benzene rings is 1. The zero-order chi connectivity index (χ0) is 20.9. The summed E-state index contributed by atoms with van der Waals surface area (Å²) in [6.45, 7) is 2.44. The third-order valence-corrected chi connectivity index (χ3v) is 7.05. The zero-order valence-electron chi connectivity index (χ0n) is 17.0. The van der Waals surface area contributed by atoms with Crippen LogP contribution in [-0.2, 0) is 23.3 Å². The number of amides is 1. The van der Waals surface area contributed by atoms with Crippen molar-refractivity contribution in [3.63, 3.8) is 0 Å². The number of aliphatic imine (C=N–C) groups is 1. The largest absolute Gasteiger partial charge is 0.369 e. The van der Waals surface area contributed by atoms with E-state index in [1.54, 1.807) is 18.5 Å². The van der Waals surface area contributed by atoms with E-state index in [-0.39, 0.29) is 23.8 Å². The van der Waals surface area contributed by atoms with Crippen LogP contribution in [0.15, 0.2) is 41.7 Å². The third-order valence-electron chi connectivity index (χ3n) is 7.05. The van der Waals surface area contributed by atoms with Crippen LogP contribution in [0.5, 0.6) is 0 Å². The first-order valence-electron chi connectivity index (χ1n) is 10.5. The monoisotopic (exact) mass is 400 g/mol. The van der Waals surface area contributed by atoms with Crippen LogP contribution < -0.4 is 5.73 Å². The first-order valence-corrected chi connectivity index (χ1v) is 10.5. The summed E-state index contributed by atoms with van der Waals surface area (Å²) >= 11 is 0. The van der Waals surface area contributed by atoms with Crippen LogP contribution in [0.2, 0.25) is 0 Å². The smallest absolute Gasteiger partial charge is 0.262 e. The first-order chi connectivity index (χ1) is 14.5. The van der Waals surface area contributed by atoms with E-state index in [1.165, 1.54) is 4.90 Å². The molecular weight excluding hydrogens is 376 g/mol. The lowest BCUT2D eigenvalue weighted by Crippen LogP contribution is -2.51. The van der Waals surface area contributed by atoms with Gasteiger partial charge < -0.3 is 5.73 Å². The molecule has 1 saturated carbocycles. The number of carbonyl (C=O) groups excluding carboxylic acids is 1. The Morgan fingerprint density at radius 2 is 2.13 bits per heavy atom. The highest BCUT2D eigenvalue weighted by molar-refractivity contribution is 6.08. The molecule has 3 unspecified atom stereocenters. The predicted octanol–water partition coefficient (Wildman–Crippen LogP) is 2.65. The van der Waals surface area contributed by atoms with Crippen molar-refractivity contribution in [2.75, 3.05) is 0 Å². The molecular formula is C23H24N6O. The maximum absolute atomic E-state index is 14.1. The Hall–Kier alpha value is -3.27. The summed E-state index contributed by atoms with van der Waals surface area (Å²) in [7, 11) is 0. The summed E-state index contributed by atoms with van der Waals surface area (Å²) in [5.41, 5.74) is 7.47. The van der Waals surface area contributed by atoms with E-state index < -0.39 is 5.54 Å². The molecule has 1 aliphatic heterocycles. The average Bonchev–Trinajstić information content (AvgIpc) is 3.15. The molecule has 2 aromatic rings. The van der Waals surface area contributed by atoms with Crippen LogP contribution in [-0.4, -0.2) is 26.7 Å². The van der Waals surface area contributed by atoms with Gasteiger partial charge >= 0.3 is 0 Å². The van der Waals surface area contributed by atoms with Crippen LogP contribution in [0.25, 0.3) is 0 Å². The molecule has 0 saturated heterocycles. The van der Waals surface area contributed by atoms with Gasteiger partial charge in [0, 0.05) is 17.8 Å². The third kappa shape index (κ3) is 2.49. The van der Waals surface area contributed by atoms with Gasteiger partial charge in [-0.05, 0) is 54.5 Å². The molecule has 0 radical (unpaired) electrons. The number of guanidine groups is 1. The summed E-state index contributed by atoms with van der Waals surface area (Å²) in [6, 6.07) is 9.63. The molecule has 7 nitrogen and oxygen atoms in total. The van der Waals surface area contributed by atoms with Gasteiger partial charge in [0.1, 0.15) is 5.82 Å². The molecule has 7 heteroatoms. The highest BCUT2D eigenvalue weighted by Gasteiger charge is 2.66. The minimum atomic E-state index is -1.07. The number of nitrogens with two attached hydrogens (primary N) is 1. The molecule has 2 aliphatic carbocycles. The van der Waals surface area contributed by atoms with E-state index in [2.05, 4.69) is 23.0 Å². The molecule has 1 amide bonds. The number of carbonyl (C=O) groups is 1. The molecule has 152 valence electrons. The zero-order valence-corrected chi connectivity index (χ0v) is 17.0. The van der Waals surface area contributed by atoms with E-state index in [0.717, 1.165) is 43.2 Å². The molecule has 2 spiro atoms.